The van der Waals surface area contributed by atoms with Crippen molar-refractivity contribution in [2.24, 2.45) is 0 Å². The van der Waals surface area contributed by atoms with Gasteiger partial charge >= 0.3 is 5.51 Å². The molecule has 1 aromatic carbocycles. The first-order valence-electron chi connectivity index (χ1n) is 5.80. The van der Waals surface area contributed by atoms with E-state index in [1.54, 1.807) is 12.1 Å². The molecule has 0 unspecified atom stereocenters. The zero-order chi connectivity index (χ0) is 14.9. The molecule has 2 rings (SSSR count). The third-order valence-corrected chi connectivity index (χ3v) is 3.44. The van der Waals surface area contributed by atoms with E-state index in [0.717, 1.165) is 0 Å². The number of aromatic nitrogens is 2. The smallest absolute Gasteiger partial charge is 0.382 e. The molecule has 0 radical (unpaired) electrons. The summed E-state index contributed by atoms with van der Waals surface area (Å²) in [6.07, 6.45) is 0.614. The highest BCUT2D eigenvalue weighted by molar-refractivity contribution is 8.00. The number of rotatable bonds is 3. The Labute approximate surface area is 117 Å². The summed E-state index contributed by atoms with van der Waals surface area (Å²) in [6, 6.07) is 5.86. The number of hydrogen-bond acceptors (Lipinski definition) is 4. The van der Waals surface area contributed by atoms with Crippen molar-refractivity contribution in [2.75, 3.05) is 11.6 Å². The molecular formula is C12H13F3N4S. The van der Waals surface area contributed by atoms with Crippen LogP contribution in [0.5, 0.6) is 0 Å². The van der Waals surface area contributed by atoms with Gasteiger partial charge in [-0.3, -0.25) is 0 Å². The van der Waals surface area contributed by atoms with E-state index in [2.05, 4.69) is 4.98 Å². The number of benzene rings is 1. The highest BCUT2D eigenvalue weighted by Crippen LogP contribution is 2.37. The average molecular weight is 302 g/mol. The van der Waals surface area contributed by atoms with Gasteiger partial charge in [-0.1, -0.05) is 19.1 Å². The molecule has 8 heteroatoms. The molecule has 0 fully saturated rings. The van der Waals surface area contributed by atoms with Gasteiger partial charge in [0.1, 0.15) is 11.5 Å². The molecule has 0 saturated carbocycles. The van der Waals surface area contributed by atoms with Crippen molar-refractivity contribution in [2.45, 2.75) is 23.7 Å². The highest BCUT2D eigenvalue weighted by Gasteiger charge is 2.29. The van der Waals surface area contributed by atoms with Gasteiger partial charge in [-0.25, -0.2) is 9.66 Å². The van der Waals surface area contributed by atoms with Crippen molar-refractivity contribution in [1.29, 1.82) is 0 Å². The van der Waals surface area contributed by atoms with Crippen LogP contribution >= 0.6 is 11.8 Å². The van der Waals surface area contributed by atoms with Crippen molar-refractivity contribution in [1.82, 2.24) is 9.66 Å². The fraction of sp³-hybridized carbons (Fsp3) is 0.250. The lowest BCUT2D eigenvalue weighted by Gasteiger charge is -2.06. The van der Waals surface area contributed by atoms with Crippen LogP contribution in [-0.4, -0.2) is 15.2 Å². The van der Waals surface area contributed by atoms with Crippen LogP contribution in [0.4, 0.5) is 19.0 Å². The van der Waals surface area contributed by atoms with Gasteiger partial charge in [-0.2, -0.15) is 13.2 Å². The molecule has 0 aliphatic heterocycles. The first-order chi connectivity index (χ1) is 9.31. The van der Waals surface area contributed by atoms with Crippen LogP contribution in [0.25, 0.3) is 11.3 Å². The van der Waals surface area contributed by atoms with Crippen molar-refractivity contribution >= 4 is 17.6 Å². The largest absolute Gasteiger partial charge is 0.446 e. The summed E-state index contributed by atoms with van der Waals surface area (Å²) in [5, 5.41) is 0. The number of nitrogen functional groups attached to an aromatic ring is 2. The molecule has 0 spiro atoms. The number of nitrogens with zero attached hydrogens (tertiary/aromatic N) is 2. The second-order valence-corrected chi connectivity index (χ2v) is 5.20. The third-order valence-electron chi connectivity index (χ3n) is 2.70. The summed E-state index contributed by atoms with van der Waals surface area (Å²) in [5.41, 5.74) is 2.66. The standard InChI is InChI=1S/C12H13F3N4S/c1-2-9-18-10(11(16)19(9)17)7-3-5-8(6-4-7)20-12(13,14)15/h3-6H,2,16-17H2,1H3. The van der Waals surface area contributed by atoms with Gasteiger partial charge in [0.25, 0.3) is 0 Å². The maximum Gasteiger partial charge on any atom is 0.446 e. The molecule has 4 N–H and O–H groups in total. The lowest BCUT2D eigenvalue weighted by atomic mass is 10.1. The minimum atomic E-state index is -4.30. The number of alkyl halides is 3. The monoisotopic (exact) mass is 302 g/mol. The van der Waals surface area contributed by atoms with Crippen LogP contribution in [-0.2, 0) is 6.42 Å². The van der Waals surface area contributed by atoms with Gasteiger partial charge in [-0.15, -0.1) is 0 Å². The molecule has 0 bridgehead atoms. The summed E-state index contributed by atoms with van der Waals surface area (Å²) >= 11 is -0.160. The maximum absolute atomic E-state index is 12.2. The predicted octanol–water partition coefficient (Wildman–Crippen LogP) is 3.02. The van der Waals surface area contributed by atoms with Crippen molar-refractivity contribution in [3.8, 4) is 11.3 Å². The Morgan fingerprint density at radius 3 is 2.30 bits per heavy atom. The zero-order valence-corrected chi connectivity index (χ0v) is 11.4. The number of anilines is 1. The number of thioether (sulfide) groups is 1. The normalized spacial score (nSPS) is 11.8. The van der Waals surface area contributed by atoms with Crippen molar-refractivity contribution in [3.63, 3.8) is 0 Å². The molecule has 1 heterocycles. The topological polar surface area (TPSA) is 69.9 Å². The van der Waals surface area contributed by atoms with E-state index in [9.17, 15) is 13.2 Å². The summed E-state index contributed by atoms with van der Waals surface area (Å²) < 4.78 is 38.0. The Hall–Kier alpha value is -1.83. The van der Waals surface area contributed by atoms with Gasteiger partial charge < -0.3 is 11.6 Å². The maximum atomic E-state index is 12.2. The number of aryl methyl sites for hydroxylation is 1. The van der Waals surface area contributed by atoms with Gasteiger partial charge in [0.15, 0.2) is 5.82 Å². The van der Waals surface area contributed by atoms with Gasteiger partial charge in [0, 0.05) is 16.9 Å². The van der Waals surface area contributed by atoms with E-state index in [0.29, 0.717) is 23.5 Å². The van der Waals surface area contributed by atoms with Crippen LogP contribution in [0, 0.1) is 0 Å². The summed E-state index contributed by atoms with van der Waals surface area (Å²) in [4.78, 5) is 4.40. The number of nitrogens with two attached hydrogens (primary N) is 2. The Morgan fingerprint density at radius 2 is 1.85 bits per heavy atom. The SMILES string of the molecule is CCc1nc(-c2ccc(SC(F)(F)F)cc2)c(N)n1N. The molecule has 2 aromatic rings. The fourth-order valence-electron chi connectivity index (χ4n) is 1.77. The van der Waals surface area contributed by atoms with E-state index >= 15 is 0 Å². The first kappa shape index (κ1) is 14.6. The lowest BCUT2D eigenvalue weighted by Crippen LogP contribution is -2.14. The van der Waals surface area contributed by atoms with Gasteiger partial charge in [0.05, 0.1) is 0 Å². The summed E-state index contributed by atoms with van der Waals surface area (Å²) in [6.45, 7) is 1.89. The van der Waals surface area contributed by atoms with E-state index in [4.69, 9.17) is 11.6 Å². The minimum Gasteiger partial charge on any atom is -0.382 e. The second kappa shape index (κ2) is 5.28. The quantitative estimate of drug-likeness (QED) is 0.675. The number of halogens is 3. The van der Waals surface area contributed by atoms with Crippen LogP contribution < -0.4 is 11.6 Å². The predicted molar refractivity (Wildman–Crippen MR) is 73.5 cm³/mol. The van der Waals surface area contributed by atoms with Crippen LogP contribution in [0.3, 0.4) is 0 Å². The minimum absolute atomic E-state index is 0.114. The Balaban J connectivity index is 2.31. The van der Waals surface area contributed by atoms with Crippen molar-refractivity contribution in [3.05, 3.63) is 30.1 Å². The van der Waals surface area contributed by atoms with Crippen molar-refractivity contribution < 1.29 is 13.2 Å². The van der Waals surface area contributed by atoms with Crippen LogP contribution in [0.1, 0.15) is 12.7 Å². The van der Waals surface area contributed by atoms with Gasteiger partial charge in [-0.05, 0) is 23.9 Å². The van der Waals surface area contributed by atoms with E-state index in [1.807, 2.05) is 6.92 Å². The van der Waals surface area contributed by atoms with E-state index in [1.165, 1.54) is 16.8 Å². The molecule has 108 valence electrons. The number of hydrogen-bond donors (Lipinski definition) is 2. The lowest BCUT2D eigenvalue weighted by molar-refractivity contribution is -0.0328. The molecule has 0 atom stereocenters. The van der Waals surface area contributed by atoms with Crippen LogP contribution in [0.2, 0.25) is 0 Å². The Bertz CT molecular complexity index is 604. The zero-order valence-electron chi connectivity index (χ0n) is 10.6. The summed E-state index contributed by atoms with van der Waals surface area (Å²) in [7, 11) is 0. The molecule has 0 saturated heterocycles. The molecule has 0 aliphatic rings. The molecule has 0 amide bonds. The second-order valence-electron chi connectivity index (χ2n) is 4.06. The van der Waals surface area contributed by atoms with Crippen LogP contribution in [0.15, 0.2) is 29.2 Å². The first-order valence-corrected chi connectivity index (χ1v) is 6.62. The van der Waals surface area contributed by atoms with Gasteiger partial charge in [0.2, 0.25) is 0 Å². The van der Waals surface area contributed by atoms with E-state index < -0.39 is 5.51 Å². The molecular weight excluding hydrogens is 289 g/mol. The Kier molecular flexibility index (Phi) is 3.85. The molecule has 20 heavy (non-hydrogen) atoms. The highest BCUT2D eigenvalue weighted by atomic mass is 32.2. The third kappa shape index (κ3) is 3.01. The molecule has 0 aliphatic carbocycles. The molecule has 4 nitrogen and oxygen atoms in total. The average Bonchev–Trinajstić information content (AvgIpc) is 2.65. The molecule has 1 aromatic heterocycles. The summed E-state index contributed by atoms with van der Waals surface area (Å²) in [5.74, 6) is 6.65. The fourth-order valence-corrected chi connectivity index (χ4v) is 2.31. The van der Waals surface area contributed by atoms with E-state index in [-0.39, 0.29) is 22.5 Å². The Morgan fingerprint density at radius 1 is 1.25 bits per heavy atom. The number of imidazole rings is 1.